The number of aromatic nitrogens is 1. The zero-order valence-electron chi connectivity index (χ0n) is 15.5. The summed E-state index contributed by atoms with van der Waals surface area (Å²) in [5.41, 5.74) is 0.0688. The van der Waals surface area contributed by atoms with Crippen molar-refractivity contribution in [2.45, 2.75) is 4.90 Å². The Morgan fingerprint density at radius 2 is 1.96 bits per heavy atom. The molecular weight excluding hydrogens is 389 g/mol. The van der Waals surface area contributed by atoms with Gasteiger partial charge in [0.25, 0.3) is 5.91 Å². The van der Waals surface area contributed by atoms with E-state index in [0.29, 0.717) is 24.8 Å². The summed E-state index contributed by atoms with van der Waals surface area (Å²) in [6.07, 6.45) is 1.41. The van der Waals surface area contributed by atoms with Crippen LogP contribution in [0.5, 0.6) is 5.88 Å². The maximum absolute atomic E-state index is 14.3. The fourth-order valence-electron chi connectivity index (χ4n) is 2.75. The molecule has 1 aliphatic rings. The van der Waals surface area contributed by atoms with Crippen LogP contribution in [-0.2, 0) is 14.8 Å². The molecule has 1 amide bonds. The number of carbonyl (C=O) groups is 1. The lowest BCUT2D eigenvalue weighted by Crippen LogP contribution is -2.40. The maximum atomic E-state index is 14.3. The number of hydrogen-bond donors (Lipinski definition) is 0. The summed E-state index contributed by atoms with van der Waals surface area (Å²) in [6, 6.07) is 6.37. The Labute approximate surface area is 162 Å². The number of ether oxygens (including phenoxy) is 2. The highest BCUT2D eigenvalue weighted by Crippen LogP contribution is 2.23. The van der Waals surface area contributed by atoms with Crippen molar-refractivity contribution >= 4 is 21.6 Å². The first kappa shape index (κ1) is 20.2. The maximum Gasteiger partial charge on any atom is 0.261 e. The highest BCUT2D eigenvalue weighted by molar-refractivity contribution is 7.89. The average Bonchev–Trinajstić information content (AvgIpc) is 2.73. The summed E-state index contributed by atoms with van der Waals surface area (Å²) in [5.74, 6) is -1.13. The van der Waals surface area contributed by atoms with E-state index in [4.69, 9.17) is 9.47 Å². The lowest BCUT2D eigenvalue weighted by Gasteiger charge is -2.26. The van der Waals surface area contributed by atoms with Crippen molar-refractivity contribution in [3.63, 3.8) is 0 Å². The highest BCUT2D eigenvalue weighted by Gasteiger charge is 2.28. The van der Waals surface area contributed by atoms with Crippen molar-refractivity contribution in [1.29, 1.82) is 0 Å². The third-order valence-corrected chi connectivity index (χ3v) is 6.29. The normalized spacial score (nSPS) is 15.2. The monoisotopic (exact) mass is 409 g/mol. The van der Waals surface area contributed by atoms with Crippen LogP contribution in [0.2, 0.25) is 0 Å². The van der Waals surface area contributed by atoms with E-state index < -0.39 is 21.7 Å². The van der Waals surface area contributed by atoms with Gasteiger partial charge in [-0.3, -0.25) is 4.79 Å². The minimum Gasteiger partial charge on any atom is -0.481 e. The summed E-state index contributed by atoms with van der Waals surface area (Å²) in [5, 5.41) is 0. The summed E-state index contributed by atoms with van der Waals surface area (Å²) in [7, 11) is -0.929. The molecule has 1 aromatic carbocycles. The van der Waals surface area contributed by atoms with E-state index in [-0.39, 0.29) is 23.5 Å². The largest absolute Gasteiger partial charge is 0.481 e. The molecule has 0 bridgehead atoms. The summed E-state index contributed by atoms with van der Waals surface area (Å²) < 4.78 is 51.3. The van der Waals surface area contributed by atoms with Crippen LogP contribution in [0.15, 0.2) is 41.4 Å². The van der Waals surface area contributed by atoms with Gasteiger partial charge in [0.05, 0.1) is 42.7 Å². The molecule has 3 rings (SSSR count). The van der Waals surface area contributed by atoms with Gasteiger partial charge >= 0.3 is 0 Å². The molecule has 1 saturated heterocycles. The van der Waals surface area contributed by atoms with Gasteiger partial charge in [-0.1, -0.05) is 0 Å². The van der Waals surface area contributed by atoms with Crippen LogP contribution in [0.25, 0.3) is 0 Å². The third-order valence-electron chi connectivity index (χ3n) is 4.40. The Morgan fingerprint density at radius 1 is 1.25 bits per heavy atom. The first-order valence-corrected chi connectivity index (χ1v) is 9.94. The van der Waals surface area contributed by atoms with Crippen molar-refractivity contribution in [1.82, 2.24) is 9.29 Å². The van der Waals surface area contributed by atoms with Crippen molar-refractivity contribution in [3.8, 4) is 5.88 Å². The van der Waals surface area contributed by atoms with Gasteiger partial charge in [-0.2, -0.15) is 4.31 Å². The Kier molecular flexibility index (Phi) is 5.92. The molecule has 1 fully saturated rings. The Balaban J connectivity index is 1.90. The molecule has 10 heteroatoms. The summed E-state index contributed by atoms with van der Waals surface area (Å²) in [4.78, 5) is 17.8. The first-order chi connectivity index (χ1) is 13.3. The molecule has 0 radical (unpaired) electrons. The fraction of sp³-hybridized carbons (Fsp3) is 0.333. The van der Waals surface area contributed by atoms with Gasteiger partial charge in [0.1, 0.15) is 5.82 Å². The molecule has 0 atom stereocenters. The van der Waals surface area contributed by atoms with E-state index >= 15 is 0 Å². The van der Waals surface area contributed by atoms with Crippen LogP contribution >= 0.6 is 0 Å². The number of methoxy groups -OCH3 is 1. The van der Waals surface area contributed by atoms with Gasteiger partial charge in [0.2, 0.25) is 15.9 Å². The van der Waals surface area contributed by atoms with Crippen LogP contribution in [0, 0.1) is 5.82 Å². The lowest BCUT2D eigenvalue weighted by molar-refractivity contribution is 0.0730. The van der Waals surface area contributed by atoms with E-state index in [9.17, 15) is 17.6 Å². The van der Waals surface area contributed by atoms with Crippen molar-refractivity contribution in [2.75, 3.05) is 45.4 Å². The molecule has 0 spiro atoms. The molecule has 0 aliphatic carbocycles. The zero-order chi connectivity index (χ0) is 20.3. The second kappa shape index (κ2) is 8.21. The van der Waals surface area contributed by atoms with E-state index in [1.807, 2.05) is 0 Å². The lowest BCUT2D eigenvalue weighted by atomic mass is 10.2. The number of morpholine rings is 1. The van der Waals surface area contributed by atoms with Gasteiger partial charge in [-0.15, -0.1) is 0 Å². The van der Waals surface area contributed by atoms with Crippen LogP contribution in [-0.4, -0.2) is 64.1 Å². The van der Waals surface area contributed by atoms with Crippen LogP contribution in [0.4, 0.5) is 10.1 Å². The molecule has 2 aromatic rings. The zero-order valence-corrected chi connectivity index (χ0v) is 16.3. The smallest absolute Gasteiger partial charge is 0.261 e. The number of carbonyl (C=O) groups excluding carboxylic acids is 1. The third kappa shape index (κ3) is 3.98. The van der Waals surface area contributed by atoms with E-state index in [1.165, 1.54) is 29.6 Å². The summed E-state index contributed by atoms with van der Waals surface area (Å²) in [6.45, 7) is 1.000. The number of amides is 1. The second-order valence-electron chi connectivity index (χ2n) is 6.08. The molecule has 28 heavy (non-hydrogen) atoms. The molecule has 2 heterocycles. The second-order valence-corrected chi connectivity index (χ2v) is 8.02. The number of hydrogen-bond acceptors (Lipinski definition) is 6. The van der Waals surface area contributed by atoms with Gasteiger partial charge in [-0.05, 0) is 24.3 Å². The molecule has 0 unspecified atom stereocenters. The molecule has 150 valence electrons. The number of halogens is 1. The first-order valence-electron chi connectivity index (χ1n) is 8.50. The quantitative estimate of drug-likeness (QED) is 0.744. The van der Waals surface area contributed by atoms with E-state index in [1.54, 1.807) is 12.1 Å². The Morgan fingerprint density at radius 3 is 2.57 bits per heavy atom. The number of rotatable bonds is 5. The highest BCUT2D eigenvalue weighted by atomic mass is 32.2. The predicted octanol–water partition coefficient (Wildman–Crippen LogP) is 1.53. The van der Waals surface area contributed by atoms with Gasteiger partial charge < -0.3 is 14.4 Å². The van der Waals surface area contributed by atoms with Crippen molar-refractivity contribution < 1.29 is 27.1 Å². The van der Waals surface area contributed by atoms with Crippen LogP contribution < -0.4 is 9.64 Å². The Bertz CT molecular complexity index is 960. The van der Waals surface area contributed by atoms with Gasteiger partial charge in [0, 0.05) is 26.2 Å². The molecular formula is C18H20FN3O5S. The standard InChI is InChI=1S/C18H20FN3O5S/c1-21(13-3-6-17(26-2)20-12-13)18(23)15-11-14(4-5-16(15)19)28(24,25)22-7-9-27-10-8-22/h3-6,11-12H,7-10H2,1-2H3. The van der Waals surface area contributed by atoms with Gasteiger partial charge in [-0.25, -0.2) is 17.8 Å². The van der Waals surface area contributed by atoms with Gasteiger partial charge in [0.15, 0.2) is 0 Å². The fourth-order valence-corrected chi connectivity index (χ4v) is 4.19. The molecule has 0 saturated carbocycles. The summed E-state index contributed by atoms with van der Waals surface area (Å²) >= 11 is 0. The minimum absolute atomic E-state index is 0.139. The number of pyridine rings is 1. The van der Waals surface area contributed by atoms with Crippen LogP contribution in [0.3, 0.4) is 0 Å². The minimum atomic E-state index is -3.85. The average molecular weight is 409 g/mol. The van der Waals surface area contributed by atoms with Crippen LogP contribution in [0.1, 0.15) is 10.4 Å². The molecule has 0 N–H and O–H groups in total. The molecule has 8 nitrogen and oxygen atoms in total. The van der Waals surface area contributed by atoms with Crippen molar-refractivity contribution in [3.05, 3.63) is 47.9 Å². The number of anilines is 1. The topological polar surface area (TPSA) is 89.0 Å². The predicted molar refractivity (Wildman–Crippen MR) is 99.5 cm³/mol. The van der Waals surface area contributed by atoms with E-state index in [0.717, 1.165) is 18.2 Å². The van der Waals surface area contributed by atoms with E-state index in [2.05, 4.69) is 4.98 Å². The van der Waals surface area contributed by atoms with Crippen molar-refractivity contribution in [2.24, 2.45) is 0 Å². The number of sulfonamides is 1. The SMILES string of the molecule is COc1ccc(N(C)C(=O)c2cc(S(=O)(=O)N3CCOCC3)ccc2F)cn1. The molecule has 1 aromatic heterocycles. The molecule has 1 aliphatic heterocycles. The number of benzene rings is 1. The number of nitrogens with zero attached hydrogens (tertiary/aromatic N) is 3. The Hall–Kier alpha value is -2.56.